The highest BCUT2D eigenvalue weighted by molar-refractivity contribution is 5.46. The number of hydrogen-bond acceptors (Lipinski definition) is 3. The molecule has 0 unspecified atom stereocenters. The zero-order valence-electron chi connectivity index (χ0n) is 9.08. The Kier molecular flexibility index (Phi) is 3.23. The van der Waals surface area contributed by atoms with Crippen molar-refractivity contribution in [2.24, 2.45) is 5.73 Å². The molecule has 15 heavy (non-hydrogen) atoms. The Hall–Kier alpha value is -1.06. The molecule has 1 aliphatic rings. The first kappa shape index (κ1) is 10.5. The van der Waals surface area contributed by atoms with Crippen LogP contribution in [0.1, 0.15) is 23.1 Å². The molecule has 2 rings (SSSR count). The number of benzene rings is 1. The van der Waals surface area contributed by atoms with Crippen LogP contribution >= 0.6 is 0 Å². The van der Waals surface area contributed by atoms with E-state index in [9.17, 15) is 0 Å². The van der Waals surface area contributed by atoms with Crippen LogP contribution in [0.3, 0.4) is 0 Å². The van der Waals surface area contributed by atoms with E-state index < -0.39 is 0 Å². The summed E-state index contributed by atoms with van der Waals surface area (Å²) in [5.41, 5.74) is 9.20. The third-order valence-corrected chi connectivity index (χ3v) is 2.76. The molecule has 3 heteroatoms. The van der Waals surface area contributed by atoms with E-state index in [1.165, 1.54) is 16.7 Å². The van der Waals surface area contributed by atoms with Crippen LogP contribution in [0, 0.1) is 6.92 Å². The summed E-state index contributed by atoms with van der Waals surface area (Å²) in [4.78, 5) is 0. The fourth-order valence-corrected chi connectivity index (χ4v) is 1.87. The molecule has 1 aliphatic heterocycles. The number of ether oxygens (including phenoxy) is 2. The highest BCUT2D eigenvalue weighted by Crippen LogP contribution is 2.31. The lowest BCUT2D eigenvalue weighted by atomic mass is 10.00. The standard InChI is InChI=1S/C12H17NO2/c1-9-4-5-10(3-2-6-13)12-11(9)7-14-8-15-12/h4-5H,2-3,6-8,13H2,1H3. The van der Waals surface area contributed by atoms with Gasteiger partial charge >= 0.3 is 0 Å². The first-order valence-electron chi connectivity index (χ1n) is 5.35. The van der Waals surface area contributed by atoms with E-state index in [1.54, 1.807) is 0 Å². The highest BCUT2D eigenvalue weighted by atomic mass is 16.7. The molecule has 0 bridgehead atoms. The van der Waals surface area contributed by atoms with Gasteiger partial charge in [-0.2, -0.15) is 0 Å². The van der Waals surface area contributed by atoms with Crippen LogP contribution in [-0.4, -0.2) is 13.3 Å². The van der Waals surface area contributed by atoms with E-state index in [0.29, 0.717) is 13.4 Å². The Labute approximate surface area is 90.2 Å². The fraction of sp³-hybridized carbons (Fsp3) is 0.500. The van der Waals surface area contributed by atoms with Crippen molar-refractivity contribution in [2.45, 2.75) is 26.4 Å². The van der Waals surface area contributed by atoms with Gasteiger partial charge in [-0.1, -0.05) is 12.1 Å². The number of hydrogen-bond donors (Lipinski definition) is 1. The molecule has 3 nitrogen and oxygen atoms in total. The van der Waals surface area contributed by atoms with Gasteiger partial charge in [0.15, 0.2) is 6.79 Å². The zero-order valence-corrected chi connectivity index (χ0v) is 9.08. The first-order chi connectivity index (χ1) is 7.33. The monoisotopic (exact) mass is 207 g/mol. The summed E-state index contributed by atoms with van der Waals surface area (Å²) >= 11 is 0. The molecule has 0 amide bonds. The minimum absolute atomic E-state index is 0.367. The average molecular weight is 207 g/mol. The second-order valence-electron chi connectivity index (χ2n) is 3.85. The minimum atomic E-state index is 0.367. The summed E-state index contributed by atoms with van der Waals surface area (Å²) in [6.07, 6.45) is 1.98. The maximum Gasteiger partial charge on any atom is 0.189 e. The van der Waals surface area contributed by atoms with E-state index in [4.69, 9.17) is 15.2 Å². The van der Waals surface area contributed by atoms with Gasteiger partial charge in [0.1, 0.15) is 5.75 Å². The van der Waals surface area contributed by atoms with E-state index in [0.717, 1.165) is 25.1 Å². The second kappa shape index (κ2) is 4.64. The Morgan fingerprint density at radius 3 is 3.07 bits per heavy atom. The van der Waals surface area contributed by atoms with Crippen LogP contribution in [0.5, 0.6) is 5.75 Å². The van der Waals surface area contributed by atoms with Gasteiger partial charge < -0.3 is 15.2 Å². The van der Waals surface area contributed by atoms with Crippen molar-refractivity contribution in [1.29, 1.82) is 0 Å². The van der Waals surface area contributed by atoms with Gasteiger partial charge in [0.25, 0.3) is 0 Å². The van der Waals surface area contributed by atoms with E-state index in [2.05, 4.69) is 19.1 Å². The molecular weight excluding hydrogens is 190 g/mol. The third-order valence-electron chi connectivity index (χ3n) is 2.76. The van der Waals surface area contributed by atoms with E-state index >= 15 is 0 Å². The van der Waals surface area contributed by atoms with E-state index in [-0.39, 0.29) is 0 Å². The van der Waals surface area contributed by atoms with Crippen LogP contribution in [-0.2, 0) is 17.8 Å². The molecule has 0 fully saturated rings. The predicted molar refractivity (Wildman–Crippen MR) is 58.8 cm³/mol. The van der Waals surface area contributed by atoms with Crippen LogP contribution in [0.25, 0.3) is 0 Å². The Bertz CT molecular complexity index is 350. The molecule has 0 radical (unpaired) electrons. The maximum absolute atomic E-state index is 5.57. The van der Waals surface area contributed by atoms with Crippen molar-refractivity contribution in [2.75, 3.05) is 13.3 Å². The maximum atomic E-state index is 5.57. The molecule has 0 saturated heterocycles. The summed E-state index contributed by atoms with van der Waals surface area (Å²) in [6.45, 7) is 3.84. The van der Waals surface area contributed by atoms with Gasteiger partial charge in [-0.25, -0.2) is 0 Å². The minimum Gasteiger partial charge on any atom is -0.467 e. The van der Waals surface area contributed by atoms with Crippen LogP contribution in [0.2, 0.25) is 0 Å². The number of nitrogens with two attached hydrogens (primary N) is 1. The van der Waals surface area contributed by atoms with Gasteiger partial charge in [-0.05, 0) is 37.4 Å². The van der Waals surface area contributed by atoms with Crippen molar-refractivity contribution in [3.8, 4) is 5.75 Å². The van der Waals surface area contributed by atoms with Crippen molar-refractivity contribution in [3.05, 3.63) is 28.8 Å². The van der Waals surface area contributed by atoms with Gasteiger partial charge in [0, 0.05) is 5.56 Å². The van der Waals surface area contributed by atoms with E-state index in [1.807, 2.05) is 0 Å². The predicted octanol–water partition coefficient (Wildman–Crippen LogP) is 1.75. The Morgan fingerprint density at radius 1 is 1.40 bits per heavy atom. The summed E-state index contributed by atoms with van der Waals surface area (Å²) in [5, 5.41) is 0. The van der Waals surface area contributed by atoms with Crippen LogP contribution in [0.4, 0.5) is 0 Å². The molecule has 82 valence electrons. The van der Waals surface area contributed by atoms with Crippen molar-refractivity contribution in [3.63, 3.8) is 0 Å². The van der Waals surface area contributed by atoms with Gasteiger partial charge in [-0.3, -0.25) is 0 Å². The fourth-order valence-electron chi connectivity index (χ4n) is 1.87. The lowest BCUT2D eigenvalue weighted by Gasteiger charge is -2.22. The molecule has 1 aromatic rings. The van der Waals surface area contributed by atoms with Crippen LogP contribution in [0.15, 0.2) is 12.1 Å². The van der Waals surface area contributed by atoms with Gasteiger partial charge in [0.2, 0.25) is 0 Å². The summed E-state index contributed by atoms with van der Waals surface area (Å²) in [6, 6.07) is 4.26. The number of fused-ring (bicyclic) bond motifs is 1. The lowest BCUT2D eigenvalue weighted by Crippen LogP contribution is -2.14. The van der Waals surface area contributed by atoms with Crippen molar-refractivity contribution in [1.82, 2.24) is 0 Å². The largest absolute Gasteiger partial charge is 0.467 e. The smallest absolute Gasteiger partial charge is 0.189 e. The molecule has 0 aliphatic carbocycles. The first-order valence-corrected chi connectivity index (χ1v) is 5.35. The summed E-state index contributed by atoms with van der Waals surface area (Å²) < 4.78 is 10.9. The average Bonchev–Trinajstić information content (AvgIpc) is 2.29. The Balaban J connectivity index is 2.30. The highest BCUT2D eigenvalue weighted by Gasteiger charge is 2.16. The third kappa shape index (κ3) is 2.13. The summed E-state index contributed by atoms with van der Waals surface area (Å²) in [7, 11) is 0. The molecule has 0 aromatic heterocycles. The molecule has 0 spiro atoms. The molecule has 1 heterocycles. The lowest BCUT2D eigenvalue weighted by molar-refractivity contribution is -0.0173. The Morgan fingerprint density at radius 2 is 2.27 bits per heavy atom. The molecular formula is C12H17NO2. The normalized spacial score (nSPS) is 14.5. The quantitative estimate of drug-likeness (QED) is 0.821. The van der Waals surface area contributed by atoms with Gasteiger partial charge in [0.05, 0.1) is 6.61 Å². The topological polar surface area (TPSA) is 44.5 Å². The number of rotatable bonds is 3. The molecule has 2 N–H and O–H groups in total. The van der Waals surface area contributed by atoms with Crippen molar-refractivity contribution >= 4 is 0 Å². The summed E-state index contributed by atoms with van der Waals surface area (Å²) in [5.74, 6) is 1.02. The second-order valence-corrected chi connectivity index (χ2v) is 3.85. The van der Waals surface area contributed by atoms with Crippen LogP contribution < -0.4 is 10.5 Å². The van der Waals surface area contributed by atoms with Crippen molar-refractivity contribution < 1.29 is 9.47 Å². The van der Waals surface area contributed by atoms with Gasteiger partial charge in [-0.15, -0.1) is 0 Å². The molecule has 0 atom stereocenters. The SMILES string of the molecule is Cc1ccc(CCCN)c2c1COCO2. The molecule has 1 aromatic carbocycles. The molecule has 0 saturated carbocycles. The zero-order chi connectivity index (χ0) is 10.7. The number of aryl methyl sites for hydroxylation is 2.